The summed E-state index contributed by atoms with van der Waals surface area (Å²) in [4.78, 5) is 0. The third kappa shape index (κ3) is 0.982. The van der Waals surface area contributed by atoms with Crippen molar-refractivity contribution in [3.63, 3.8) is 0 Å². The lowest BCUT2D eigenvalue weighted by Crippen LogP contribution is -2.06. The summed E-state index contributed by atoms with van der Waals surface area (Å²) < 4.78 is 0.461. The Morgan fingerprint density at radius 3 is 2.67 bits per heavy atom. The van der Waals surface area contributed by atoms with Crippen LogP contribution in [0.3, 0.4) is 0 Å². The fraction of sp³-hybridized carbons (Fsp3) is 0. The zero-order valence-electron chi connectivity index (χ0n) is 4.35. The minimum absolute atomic E-state index is 0.296. The zero-order valence-corrected chi connectivity index (χ0v) is 5.94. The number of rotatable bonds is 0. The molecule has 0 unspecified atom stereocenters. The second-order valence-electron chi connectivity index (χ2n) is 1.41. The Hall–Kier alpha value is -0.755. The van der Waals surface area contributed by atoms with Crippen molar-refractivity contribution in [3.8, 4) is 6.07 Å². The average molecular weight is 182 g/mol. The Bertz CT molecular complexity index is 242. The first-order valence-corrected chi connectivity index (χ1v) is 2.94. The van der Waals surface area contributed by atoms with E-state index < -0.39 is 0 Å². The highest BCUT2D eigenvalue weighted by Crippen LogP contribution is 2.06. The van der Waals surface area contributed by atoms with Gasteiger partial charge in [-0.2, -0.15) is 10.4 Å². The van der Waals surface area contributed by atoms with Crippen LogP contribution in [-0.4, -0.2) is 18.0 Å². The molecule has 1 aromatic heterocycles. The van der Waals surface area contributed by atoms with Crippen molar-refractivity contribution in [3.05, 3.63) is 10.2 Å². The maximum Gasteiger partial charge on any atom is 0.144 e. The molecule has 9 heavy (non-hydrogen) atoms. The van der Waals surface area contributed by atoms with E-state index in [9.17, 15) is 0 Å². The predicted octanol–water partition coefficient (Wildman–Crippen LogP) is -0.162. The Morgan fingerprint density at radius 2 is 2.44 bits per heavy atom. The van der Waals surface area contributed by atoms with Gasteiger partial charge in [-0.1, -0.05) is 0 Å². The first-order valence-electron chi connectivity index (χ1n) is 2.15. The molecule has 3 nitrogen and oxygen atoms in total. The number of nitrogens with zero attached hydrogens (tertiary/aromatic N) is 2. The van der Waals surface area contributed by atoms with Gasteiger partial charge in [-0.15, -0.1) is 0 Å². The number of hydrogen-bond acceptors (Lipinski definition) is 2. The molecule has 0 atom stereocenters. The molecule has 0 aliphatic carbocycles. The van der Waals surface area contributed by atoms with Gasteiger partial charge in [0, 0.05) is 5.59 Å². The van der Waals surface area contributed by atoms with Gasteiger partial charge in [0.2, 0.25) is 0 Å². The number of nitrogens with one attached hydrogen (secondary N) is 1. The fourth-order valence-electron chi connectivity index (χ4n) is 0.439. The van der Waals surface area contributed by atoms with Gasteiger partial charge >= 0.3 is 0 Å². The molecule has 1 rings (SSSR count). The van der Waals surface area contributed by atoms with Crippen LogP contribution in [-0.2, 0) is 0 Å². The lowest BCUT2D eigenvalue weighted by Gasteiger charge is -1.79. The van der Waals surface area contributed by atoms with Crippen molar-refractivity contribution in [2.75, 3.05) is 0 Å². The van der Waals surface area contributed by atoms with E-state index >= 15 is 0 Å². The quantitative estimate of drug-likeness (QED) is 0.566. The topological polar surface area (TPSA) is 52.5 Å². The minimum atomic E-state index is 0.296. The van der Waals surface area contributed by atoms with Crippen molar-refractivity contribution in [1.82, 2.24) is 10.2 Å². The highest BCUT2D eigenvalue weighted by Gasteiger charge is 2.03. The van der Waals surface area contributed by atoms with Crippen LogP contribution in [0.4, 0.5) is 0 Å². The van der Waals surface area contributed by atoms with E-state index in [0.29, 0.717) is 15.8 Å². The van der Waals surface area contributed by atoms with Gasteiger partial charge in [0.05, 0.1) is 5.56 Å². The van der Waals surface area contributed by atoms with E-state index in [0.717, 1.165) is 0 Å². The lowest BCUT2D eigenvalue weighted by atomic mass is 10.0. The molecule has 0 aromatic carbocycles. The second kappa shape index (κ2) is 2.23. The van der Waals surface area contributed by atoms with Crippen LogP contribution < -0.4 is 5.59 Å². The number of H-pyrrole nitrogens is 1. The number of aromatic nitrogens is 2. The highest BCUT2D eigenvalue weighted by molar-refractivity contribution is 9.10. The van der Waals surface area contributed by atoms with E-state index in [1.54, 1.807) is 0 Å². The number of aromatic amines is 1. The predicted molar refractivity (Wildman–Crippen MR) is 36.4 cm³/mol. The summed E-state index contributed by atoms with van der Waals surface area (Å²) >= 11 is 3.03. The molecule has 0 amide bonds. The number of hydrogen-bond donors (Lipinski definition) is 1. The standard InChI is InChI=1S/C4HBBrN3/c5-3-2(1-7)4(6)9-8-3/h(H,8,9). The van der Waals surface area contributed by atoms with Crippen molar-refractivity contribution in [2.24, 2.45) is 0 Å². The van der Waals surface area contributed by atoms with E-state index in [1.807, 2.05) is 6.07 Å². The molecule has 0 fully saturated rings. The van der Waals surface area contributed by atoms with Crippen LogP contribution in [0.2, 0.25) is 0 Å². The smallest absolute Gasteiger partial charge is 0.144 e. The number of halogens is 1. The van der Waals surface area contributed by atoms with Crippen LogP contribution >= 0.6 is 15.9 Å². The van der Waals surface area contributed by atoms with Crippen molar-refractivity contribution < 1.29 is 0 Å². The van der Waals surface area contributed by atoms with Gasteiger partial charge in [-0.25, -0.2) is 0 Å². The monoisotopic (exact) mass is 181 g/mol. The number of nitriles is 1. The van der Waals surface area contributed by atoms with E-state index in [4.69, 9.17) is 13.1 Å². The molecule has 5 heteroatoms. The molecule has 0 aliphatic heterocycles. The second-order valence-corrected chi connectivity index (χ2v) is 2.17. The molecule has 1 N–H and O–H groups in total. The van der Waals surface area contributed by atoms with Crippen molar-refractivity contribution in [2.45, 2.75) is 0 Å². The van der Waals surface area contributed by atoms with Gasteiger partial charge < -0.3 is 0 Å². The van der Waals surface area contributed by atoms with E-state index in [-0.39, 0.29) is 0 Å². The summed E-state index contributed by atoms with van der Waals surface area (Å²) in [5.74, 6) is 0. The maximum atomic E-state index is 8.37. The van der Waals surface area contributed by atoms with Crippen LogP contribution in [0.25, 0.3) is 0 Å². The Kier molecular flexibility index (Phi) is 1.58. The molecule has 2 radical (unpaired) electrons. The molecule has 42 valence electrons. The summed E-state index contributed by atoms with van der Waals surface area (Å²) in [6, 6.07) is 1.88. The fourth-order valence-corrected chi connectivity index (χ4v) is 0.829. The summed E-state index contributed by atoms with van der Waals surface area (Å²) in [5, 5.41) is 14.4. The van der Waals surface area contributed by atoms with Gasteiger partial charge in [-0.05, 0) is 15.9 Å². The summed E-state index contributed by atoms with van der Waals surface area (Å²) in [5.41, 5.74) is 0.652. The van der Waals surface area contributed by atoms with E-state index in [1.165, 1.54) is 0 Å². The summed E-state index contributed by atoms with van der Waals surface area (Å²) in [7, 11) is 5.28. The SMILES string of the molecule is [B]c1[nH]nc(Br)c1C#N. The van der Waals surface area contributed by atoms with Crippen LogP contribution in [0.1, 0.15) is 5.56 Å². The first kappa shape index (κ1) is 6.37. The van der Waals surface area contributed by atoms with Gasteiger partial charge in [-0.3, -0.25) is 5.10 Å². The average Bonchev–Trinajstić information content (AvgIpc) is 2.12. The van der Waals surface area contributed by atoms with Crippen molar-refractivity contribution in [1.29, 1.82) is 5.26 Å². The molecular formula is C4HBBrN3. The Balaban J connectivity index is 3.27. The highest BCUT2D eigenvalue weighted by atomic mass is 79.9. The van der Waals surface area contributed by atoms with E-state index in [2.05, 4.69) is 26.1 Å². The molecule has 1 aromatic rings. The molecule has 0 spiro atoms. The Morgan fingerprint density at radius 1 is 1.78 bits per heavy atom. The van der Waals surface area contributed by atoms with Crippen LogP contribution in [0, 0.1) is 11.3 Å². The summed E-state index contributed by atoms with van der Waals surface area (Å²) in [6.45, 7) is 0. The van der Waals surface area contributed by atoms with Gasteiger partial charge in [0.15, 0.2) is 0 Å². The normalized spacial score (nSPS) is 8.89. The summed E-state index contributed by atoms with van der Waals surface area (Å²) in [6.07, 6.45) is 0. The van der Waals surface area contributed by atoms with Gasteiger partial charge in [0.25, 0.3) is 0 Å². The largest absolute Gasteiger partial charge is 0.291 e. The molecular weight excluding hydrogens is 181 g/mol. The molecule has 0 bridgehead atoms. The molecule has 0 saturated heterocycles. The maximum absolute atomic E-state index is 8.37. The lowest BCUT2D eigenvalue weighted by molar-refractivity contribution is 1.09. The zero-order chi connectivity index (χ0) is 6.85. The Labute approximate surface area is 61.6 Å². The van der Waals surface area contributed by atoms with Crippen LogP contribution in [0.5, 0.6) is 0 Å². The molecule has 0 aliphatic rings. The third-order valence-electron chi connectivity index (χ3n) is 0.862. The molecule has 1 heterocycles. The van der Waals surface area contributed by atoms with Crippen LogP contribution in [0.15, 0.2) is 4.60 Å². The third-order valence-corrected chi connectivity index (χ3v) is 1.44. The molecule has 0 saturated carbocycles. The first-order chi connectivity index (χ1) is 4.25. The van der Waals surface area contributed by atoms with Gasteiger partial charge in [0.1, 0.15) is 18.5 Å². The minimum Gasteiger partial charge on any atom is -0.291 e. The van der Waals surface area contributed by atoms with Crippen molar-refractivity contribution >= 4 is 29.4 Å².